The highest BCUT2D eigenvalue weighted by molar-refractivity contribution is 5.95. The Morgan fingerprint density at radius 2 is 1.37 bits per heavy atom. The van der Waals surface area contributed by atoms with Gasteiger partial charge in [-0.2, -0.15) is 0 Å². The number of nitrogens with two attached hydrogens (primary N) is 4. The zero-order valence-corrected chi connectivity index (χ0v) is 22.1. The van der Waals surface area contributed by atoms with Gasteiger partial charge in [-0.05, 0) is 37.0 Å². The van der Waals surface area contributed by atoms with Crippen LogP contribution >= 0.6 is 0 Å². The van der Waals surface area contributed by atoms with Crippen molar-refractivity contribution in [2.75, 3.05) is 6.54 Å². The molecule has 1 rings (SSSR count). The van der Waals surface area contributed by atoms with Crippen molar-refractivity contribution in [1.29, 1.82) is 0 Å². The fourth-order valence-electron chi connectivity index (χ4n) is 3.47. The number of carbonyl (C=O) groups excluding carboxylic acids is 4. The van der Waals surface area contributed by atoms with Crippen LogP contribution in [0.2, 0.25) is 0 Å². The smallest absolute Gasteiger partial charge is 0.326 e. The number of primary amides is 1. The van der Waals surface area contributed by atoms with Crippen molar-refractivity contribution >= 4 is 41.5 Å². The highest BCUT2D eigenvalue weighted by Crippen LogP contribution is 2.12. The van der Waals surface area contributed by atoms with E-state index in [0.29, 0.717) is 5.56 Å². The van der Waals surface area contributed by atoms with Gasteiger partial charge in [-0.15, -0.1) is 0 Å². The van der Waals surface area contributed by atoms with Crippen LogP contribution < -0.4 is 38.9 Å². The molecule has 226 valence electrons. The molecule has 0 bridgehead atoms. The zero-order valence-electron chi connectivity index (χ0n) is 22.1. The molecule has 0 heterocycles. The number of rotatable bonds is 18. The molecule has 0 saturated carbocycles. The Balaban J connectivity index is 3.10. The maximum atomic E-state index is 13.2. The Morgan fingerprint density at radius 1 is 0.805 bits per heavy atom. The third kappa shape index (κ3) is 13.6. The number of hydrogen-bond donors (Lipinski definition) is 10. The Hall–Kier alpha value is -4.93. The molecule has 0 spiro atoms. The number of guanidine groups is 1. The highest BCUT2D eigenvalue weighted by atomic mass is 16.4. The van der Waals surface area contributed by atoms with Crippen molar-refractivity contribution in [3.8, 4) is 5.75 Å². The van der Waals surface area contributed by atoms with Crippen LogP contribution in [0.4, 0.5) is 0 Å². The van der Waals surface area contributed by atoms with Crippen LogP contribution in [-0.2, 0) is 35.2 Å². The Kier molecular flexibility index (Phi) is 14.1. The summed E-state index contributed by atoms with van der Waals surface area (Å²) in [6.45, 7) is 0.0808. The van der Waals surface area contributed by atoms with E-state index in [1.54, 1.807) is 0 Å². The summed E-state index contributed by atoms with van der Waals surface area (Å²) < 4.78 is 0. The third-order valence-electron chi connectivity index (χ3n) is 5.62. The minimum Gasteiger partial charge on any atom is -0.508 e. The van der Waals surface area contributed by atoms with Crippen molar-refractivity contribution in [2.45, 2.75) is 62.7 Å². The van der Waals surface area contributed by atoms with E-state index in [2.05, 4.69) is 20.9 Å². The van der Waals surface area contributed by atoms with Crippen molar-refractivity contribution in [2.24, 2.45) is 27.9 Å². The van der Waals surface area contributed by atoms with Gasteiger partial charge < -0.3 is 54.2 Å². The molecule has 41 heavy (non-hydrogen) atoms. The summed E-state index contributed by atoms with van der Waals surface area (Å²) in [7, 11) is 0. The number of aromatic hydroxyl groups is 1. The Morgan fingerprint density at radius 3 is 1.90 bits per heavy atom. The van der Waals surface area contributed by atoms with Gasteiger partial charge in [-0.1, -0.05) is 12.1 Å². The van der Waals surface area contributed by atoms with Gasteiger partial charge in [-0.25, -0.2) is 4.79 Å². The topological polar surface area (TPSA) is 316 Å². The van der Waals surface area contributed by atoms with Crippen molar-refractivity contribution in [3.05, 3.63) is 29.8 Å². The lowest BCUT2D eigenvalue weighted by Crippen LogP contribution is -2.58. The molecule has 17 heteroatoms. The third-order valence-corrected chi connectivity index (χ3v) is 5.62. The van der Waals surface area contributed by atoms with Gasteiger partial charge >= 0.3 is 11.9 Å². The van der Waals surface area contributed by atoms with E-state index in [0.717, 1.165) is 0 Å². The second kappa shape index (κ2) is 16.9. The van der Waals surface area contributed by atoms with Gasteiger partial charge in [0.1, 0.15) is 23.9 Å². The van der Waals surface area contributed by atoms with Crippen LogP contribution in [0.1, 0.15) is 37.7 Å². The van der Waals surface area contributed by atoms with Crippen molar-refractivity contribution < 1.29 is 44.1 Å². The van der Waals surface area contributed by atoms with E-state index < -0.39 is 66.2 Å². The van der Waals surface area contributed by atoms with Crippen LogP contribution in [0.25, 0.3) is 0 Å². The lowest BCUT2D eigenvalue weighted by Gasteiger charge is -2.24. The lowest BCUT2D eigenvalue weighted by atomic mass is 10.0. The fourth-order valence-corrected chi connectivity index (χ4v) is 3.47. The molecule has 0 aromatic heterocycles. The SMILES string of the molecule is NC(=O)CCC(N)C(=O)NC(Cc1ccc(O)cc1)C(=O)NC(CC(=O)O)C(=O)NC(CCCN=C(N)N)C(=O)O. The van der Waals surface area contributed by atoms with E-state index in [-0.39, 0.29) is 50.4 Å². The number of aliphatic carboxylic acids is 2. The standard InChI is InChI=1S/C24H36N8O9/c25-14(7-8-18(26)34)20(37)31-16(10-12-3-5-13(33)6-4-12)21(38)32-17(11-19(35)36)22(39)30-15(23(40)41)2-1-9-29-24(27)28/h3-6,14-17,33H,1-2,7-11,25H2,(H2,26,34)(H,30,39)(H,31,37)(H,32,38)(H,35,36)(H,40,41)(H4,27,28,29). The minimum atomic E-state index is -1.72. The van der Waals surface area contributed by atoms with Gasteiger partial charge in [0.15, 0.2) is 5.96 Å². The van der Waals surface area contributed by atoms with Gasteiger partial charge in [0.05, 0.1) is 12.5 Å². The van der Waals surface area contributed by atoms with Crippen LogP contribution in [0.5, 0.6) is 5.75 Å². The first-order valence-electron chi connectivity index (χ1n) is 12.4. The number of carbonyl (C=O) groups is 6. The summed E-state index contributed by atoms with van der Waals surface area (Å²) in [5, 5.41) is 35.1. The molecule has 4 atom stereocenters. The van der Waals surface area contributed by atoms with Gasteiger partial charge in [0, 0.05) is 19.4 Å². The summed E-state index contributed by atoms with van der Waals surface area (Å²) in [5.41, 5.74) is 21.8. The molecule has 0 saturated heterocycles. The lowest BCUT2D eigenvalue weighted by molar-refractivity contribution is -0.143. The van der Waals surface area contributed by atoms with E-state index in [9.17, 15) is 44.1 Å². The number of phenolic OH excluding ortho intramolecular Hbond substituents is 1. The Labute approximate surface area is 234 Å². The number of hydrogen-bond acceptors (Lipinski definition) is 9. The summed E-state index contributed by atoms with van der Waals surface area (Å²) in [6.07, 6.45) is -1.31. The normalized spacial score (nSPS) is 13.5. The summed E-state index contributed by atoms with van der Waals surface area (Å²) >= 11 is 0. The molecule has 1 aromatic carbocycles. The molecule has 0 aliphatic heterocycles. The summed E-state index contributed by atoms with van der Waals surface area (Å²) in [5.74, 6) is -6.73. The number of amides is 4. The molecule has 1 aromatic rings. The molecule has 0 aliphatic rings. The molecule has 4 unspecified atom stereocenters. The molecule has 4 amide bonds. The number of carboxylic acid groups (broad SMARTS) is 2. The van der Waals surface area contributed by atoms with Gasteiger partial charge in [0.25, 0.3) is 0 Å². The summed E-state index contributed by atoms with van der Waals surface area (Å²) in [4.78, 5) is 76.5. The van der Waals surface area contributed by atoms with Gasteiger partial charge in [0.2, 0.25) is 23.6 Å². The van der Waals surface area contributed by atoms with E-state index in [4.69, 9.17) is 22.9 Å². The number of nitrogens with one attached hydrogen (secondary N) is 3. The maximum Gasteiger partial charge on any atom is 0.326 e. The first-order valence-corrected chi connectivity index (χ1v) is 12.4. The molecule has 0 aliphatic carbocycles. The quantitative estimate of drug-likeness (QED) is 0.0461. The maximum absolute atomic E-state index is 13.2. The predicted octanol–water partition coefficient (Wildman–Crippen LogP) is -3.41. The van der Waals surface area contributed by atoms with E-state index in [1.165, 1.54) is 24.3 Å². The number of benzene rings is 1. The molecule has 0 fully saturated rings. The minimum absolute atomic E-state index is 0.0586. The number of phenols is 1. The molecule has 14 N–H and O–H groups in total. The number of nitrogens with zero attached hydrogens (tertiary/aromatic N) is 1. The average molecular weight is 581 g/mol. The molecule has 17 nitrogen and oxygen atoms in total. The van der Waals surface area contributed by atoms with Crippen molar-refractivity contribution in [1.82, 2.24) is 16.0 Å². The number of aliphatic imine (C=N–C) groups is 1. The molecule has 0 radical (unpaired) electrons. The Bertz CT molecular complexity index is 1120. The highest BCUT2D eigenvalue weighted by Gasteiger charge is 2.31. The van der Waals surface area contributed by atoms with E-state index in [1.807, 2.05) is 0 Å². The van der Waals surface area contributed by atoms with Crippen LogP contribution in [0, 0.1) is 0 Å². The molecular formula is C24H36N8O9. The van der Waals surface area contributed by atoms with Gasteiger partial charge in [-0.3, -0.25) is 29.0 Å². The average Bonchev–Trinajstić information content (AvgIpc) is 2.88. The van der Waals surface area contributed by atoms with Crippen LogP contribution in [-0.4, -0.2) is 87.6 Å². The first-order chi connectivity index (χ1) is 19.2. The second-order valence-corrected chi connectivity index (χ2v) is 9.05. The monoisotopic (exact) mass is 580 g/mol. The van der Waals surface area contributed by atoms with Crippen LogP contribution in [0.3, 0.4) is 0 Å². The largest absolute Gasteiger partial charge is 0.508 e. The first kappa shape index (κ1) is 34.1. The summed E-state index contributed by atoms with van der Waals surface area (Å²) in [6, 6.07) is -0.152. The second-order valence-electron chi connectivity index (χ2n) is 9.05. The van der Waals surface area contributed by atoms with E-state index >= 15 is 0 Å². The van der Waals surface area contributed by atoms with Crippen LogP contribution in [0.15, 0.2) is 29.3 Å². The molecular weight excluding hydrogens is 544 g/mol. The number of carboxylic acids is 2. The van der Waals surface area contributed by atoms with Crippen molar-refractivity contribution in [3.63, 3.8) is 0 Å². The zero-order chi connectivity index (χ0) is 31.1. The fraction of sp³-hybridized carbons (Fsp3) is 0.458. The predicted molar refractivity (Wildman–Crippen MR) is 144 cm³/mol.